The summed E-state index contributed by atoms with van der Waals surface area (Å²) >= 11 is 0. The maximum Gasteiger partial charge on any atom is 0.343 e. The van der Waals surface area contributed by atoms with Crippen molar-refractivity contribution >= 4 is 17.4 Å². The molecule has 2 heterocycles. The van der Waals surface area contributed by atoms with Gasteiger partial charge in [0.1, 0.15) is 23.0 Å². The first-order valence-corrected chi connectivity index (χ1v) is 11.9. The summed E-state index contributed by atoms with van der Waals surface area (Å²) in [5.74, 6) is 0.510. The van der Waals surface area contributed by atoms with Crippen LogP contribution in [0.2, 0.25) is 0 Å². The third-order valence-corrected chi connectivity index (χ3v) is 5.68. The van der Waals surface area contributed by atoms with Gasteiger partial charge in [0.15, 0.2) is 11.5 Å². The maximum atomic E-state index is 13.2. The van der Waals surface area contributed by atoms with E-state index in [1.165, 1.54) is 31.4 Å². The summed E-state index contributed by atoms with van der Waals surface area (Å²) < 4.78 is 26.3. The van der Waals surface area contributed by atoms with Crippen molar-refractivity contribution in [3.63, 3.8) is 0 Å². The summed E-state index contributed by atoms with van der Waals surface area (Å²) in [5.41, 5.74) is 2.57. The van der Waals surface area contributed by atoms with Crippen molar-refractivity contribution < 1.29 is 18.7 Å². The standard InChI is InChI=1S/C29H32FN3O3/c1-28(2,3)18-29(4,5)32-26-25(31-24-9-7-8-16-33(24)26)20-12-15-22(23(17-20)35-6)36-27(34)19-10-13-21(30)14-11-19/h7-17,32H,18H2,1-6H3. The Morgan fingerprint density at radius 2 is 1.72 bits per heavy atom. The highest BCUT2D eigenvalue weighted by molar-refractivity contribution is 5.91. The molecule has 2 aromatic carbocycles. The third-order valence-electron chi connectivity index (χ3n) is 5.68. The van der Waals surface area contributed by atoms with E-state index in [0.717, 1.165) is 29.1 Å². The van der Waals surface area contributed by atoms with Gasteiger partial charge in [-0.3, -0.25) is 4.40 Å². The summed E-state index contributed by atoms with van der Waals surface area (Å²) in [6.45, 7) is 11.0. The van der Waals surface area contributed by atoms with Gasteiger partial charge in [-0.05, 0) is 80.3 Å². The van der Waals surface area contributed by atoms with Crippen LogP contribution >= 0.6 is 0 Å². The van der Waals surface area contributed by atoms with E-state index >= 15 is 0 Å². The number of nitrogens with one attached hydrogen (secondary N) is 1. The van der Waals surface area contributed by atoms with Gasteiger partial charge >= 0.3 is 5.97 Å². The molecule has 0 saturated carbocycles. The number of rotatable bonds is 7. The Balaban J connectivity index is 1.71. The number of ether oxygens (including phenoxy) is 2. The molecule has 0 atom stereocenters. The molecule has 7 heteroatoms. The number of anilines is 1. The summed E-state index contributed by atoms with van der Waals surface area (Å²) in [7, 11) is 1.52. The average molecular weight is 490 g/mol. The Bertz CT molecular complexity index is 1390. The topological polar surface area (TPSA) is 64.9 Å². The Morgan fingerprint density at radius 1 is 1.00 bits per heavy atom. The molecule has 1 N–H and O–H groups in total. The lowest BCUT2D eigenvalue weighted by Gasteiger charge is -2.34. The van der Waals surface area contributed by atoms with E-state index < -0.39 is 11.8 Å². The van der Waals surface area contributed by atoms with Crippen molar-refractivity contribution in [3.05, 3.63) is 78.2 Å². The number of methoxy groups -OCH3 is 1. The Morgan fingerprint density at radius 3 is 2.39 bits per heavy atom. The van der Waals surface area contributed by atoms with Gasteiger partial charge < -0.3 is 14.8 Å². The lowest BCUT2D eigenvalue weighted by molar-refractivity contribution is 0.0729. The van der Waals surface area contributed by atoms with Crippen LogP contribution in [0.15, 0.2) is 66.9 Å². The van der Waals surface area contributed by atoms with Crippen molar-refractivity contribution in [2.45, 2.75) is 46.6 Å². The molecule has 0 aliphatic heterocycles. The largest absolute Gasteiger partial charge is 0.493 e. The number of halogens is 1. The first-order chi connectivity index (χ1) is 17.0. The van der Waals surface area contributed by atoms with Gasteiger partial charge in [0, 0.05) is 17.3 Å². The maximum absolute atomic E-state index is 13.2. The number of carbonyl (C=O) groups is 1. The summed E-state index contributed by atoms with van der Waals surface area (Å²) in [6, 6.07) is 16.4. The molecular weight excluding hydrogens is 457 g/mol. The van der Waals surface area contributed by atoms with E-state index in [0.29, 0.717) is 5.75 Å². The monoisotopic (exact) mass is 489 g/mol. The number of hydrogen-bond acceptors (Lipinski definition) is 5. The van der Waals surface area contributed by atoms with Crippen LogP contribution in [-0.2, 0) is 0 Å². The predicted octanol–water partition coefficient (Wildman–Crippen LogP) is 6.99. The van der Waals surface area contributed by atoms with Gasteiger partial charge in [-0.15, -0.1) is 0 Å². The second-order valence-corrected chi connectivity index (χ2v) is 10.7. The highest BCUT2D eigenvalue weighted by Crippen LogP contribution is 2.38. The first kappa shape index (κ1) is 25.2. The van der Waals surface area contributed by atoms with E-state index in [1.807, 2.05) is 34.9 Å². The quantitative estimate of drug-likeness (QED) is 0.224. The van der Waals surface area contributed by atoms with E-state index in [2.05, 4.69) is 39.9 Å². The van der Waals surface area contributed by atoms with E-state index in [1.54, 1.807) is 12.1 Å². The fourth-order valence-corrected chi connectivity index (χ4v) is 4.65. The molecule has 0 bridgehead atoms. The van der Waals surface area contributed by atoms with Crippen LogP contribution in [0, 0.1) is 11.2 Å². The molecule has 188 valence electrons. The zero-order chi connectivity index (χ0) is 26.1. The number of pyridine rings is 1. The molecule has 0 fully saturated rings. The fourth-order valence-electron chi connectivity index (χ4n) is 4.65. The summed E-state index contributed by atoms with van der Waals surface area (Å²) in [6.07, 6.45) is 2.93. The van der Waals surface area contributed by atoms with Gasteiger partial charge in [0.05, 0.1) is 12.7 Å². The minimum Gasteiger partial charge on any atom is -0.493 e. The number of esters is 1. The van der Waals surface area contributed by atoms with Gasteiger partial charge in [0.25, 0.3) is 0 Å². The van der Waals surface area contributed by atoms with Crippen LogP contribution in [0.4, 0.5) is 10.2 Å². The molecule has 0 spiro atoms. The number of benzene rings is 2. The second-order valence-electron chi connectivity index (χ2n) is 10.7. The van der Waals surface area contributed by atoms with Crippen LogP contribution in [0.3, 0.4) is 0 Å². The highest BCUT2D eigenvalue weighted by Gasteiger charge is 2.28. The molecule has 0 saturated heterocycles. The molecule has 4 rings (SSSR count). The minimum atomic E-state index is -0.597. The number of nitrogens with zero attached hydrogens (tertiary/aromatic N) is 2. The van der Waals surface area contributed by atoms with E-state index in [-0.39, 0.29) is 22.3 Å². The van der Waals surface area contributed by atoms with E-state index in [9.17, 15) is 9.18 Å². The molecule has 0 radical (unpaired) electrons. The molecule has 6 nitrogen and oxygen atoms in total. The van der Waals surface area contributed by atoms with E-state index in [4.69, 9.17) is 14.5 Å². The second kappa shape index (κ2) is 9.64. The number of imidazole rings is 1. The molecule has 0 amide bonds. The Labute approximate surface area is 211 Å². The van der Waals surface area contributed by atoms with Crippen LogP contribution < -0.4 is 14.8 Å². The fraction of sp³-hybridized carbons (Fsp3) is 0.310. The molecule has 0 aliphatic rings. The van der Waals surface area contributed by atoms with Gasteiger partial charge in [0.2, 0.25) is 0 Å². The van der Waals surface area contributed by atoms with Crippen molar-refractivity contribution in [3.8, 4) is 22.8 Å². The number of hydrogen-bond donors (Lipinski definition) is 1. The SMILES string of the molecule is COc1cc(-c2nc3ccccn3c2NC(C)(C)CC(C)(C)C)ccc1OC(=O)c1ccc(F)cc1. The zero-order valence-electron chi connectivity index (χ0n) is 21.6. The molecule has 0 aliphatic carbocycles. The normalized spacial score (nSPS) is 12.0. The van der Waals surface area contributed by atoms with Crippen LogP contribution in [0.25, 0.3) is 16.9 Å². The Hall–Kier alpha value is -3.87. The highest BCUT2D eigenvalue weighted by atomic mass is 19.1. The third kappa shape index (κ3) is 5.67. The predicted molar refractivity (Wildman–Crippen MR) is 140 cm³/mol. The molecule has 36 heavy (non-hydrogen) atoms. The van der Waals surface area contributed by atoms with Crippen LogP contribution in [0.5, 0.6) is 11.5 Å². The minimum absolute atomic E-state index is 0.135. The smallest absolute Gasteiger partial charge is 0.343 e. The number of carbonyl (C=O) groups excluding carboxylic acids is 1. The van der Waals surface area contributed by atoms with Gasteiger partial charge in [-0.1, -0.05) is 26.8 Å². The number of fused-ring (bicyclic) bond motifs is 1. The van der Waals surface area contributed by atoms with Gasteiger partial charge in [-0.2, -0.15) is 0 Å². The first-order valence-electron chi connectivity index (χ1n) is 11.9. The van der Waals surface area contributed by atoms with Crippen molar-refractivity contribution in [1.82, 2.24) is 9.38 Å². The van der Waals surface area contributed by atoms with Crippen molar-refractivity contribution in [2.24, 2.45) is 5.41 Å². The molecule has 0 unspecified atom stereocenters. The van der Waals surface area contributed by atoms with Crippen LogP contribution in [0.1, 0.15) is 51.4 Å². The number of aromatic nitrogens is 2. The molecule has 2 aromatic heterocycles. The lowest BCUT2D eigenvalue weighted by atomic mass is 9.82. The summed E-state index contributed by atoms with van der Waals surface area (Å²) in [5, 5.41) is 3.72. The van der Waals surface area contributed by atoms with Gasteiger partial charge in [-0.25, -0.2) is 14.2 Å². The van der Waals surface area contributed by atoms with Crippen molar-refractivity contribution in [1.29, 1.82) is 0 Å². The Kier molecular flexibility index (Phi) is 6.76. The summed E-state index contributed by atoms with van der Waals surface area (Å²) in [4.78, 5) is 17.5. The van der Waals surface area contributed by atoms with Crippen LogP contribution in [-0.4, -0.2) is 28.0 Å². The lowest BCUT2D eigenvalue weighted by Crippen LogP contribution is -2.36. The molecular formula is C29H32FN3O3. The molecule has 4 aromatic rings. The average Bonchev–Trinajstić information content (AvgIpc) is 3.15. The zero-order valence-corrected chi connectivity index (χ0v) is 21.6. The van der Waals surface area contributed by atoms with Crippen molar-refractivity contribution in [2.75, 3.05) is 12.4 Å².